The van der Waals surface area contributed by atoms with Crippen molar-refractivity contribution in [2.75, 3.05) is 5.73 Å². The third-order valence-electron chi connectivity index (χ3n) is 1.04. The molecule has 0 bridgehead atoms. The van der Waals surface area contributed by atoms with E-state index >= 15 is 0 Å². The van der Waals surface area contributed by atoms with Crippen molar-refractivity contribution in [3.8, 4) is 0 Å². The number of hydrogen-bond acceptors (Lipinski definition) is 1. The van der Waals surface area contributed by atoms with E-state index < -0.39 is 0 Å². The topological polar surface area (TPSA) is 26.0 Å². The van der Waals surface area contributed by atoms with Gasteiger partial charge >= 0.3 is 0 Å². The van der Waals surface area contributed by atoms with E-state index in [9.17, 15) is 4.39 Å². The number of halogens is 3. The van der Waals surface area contributed by atoms with Gasteiger partial charge in [-0.05, 0) is 34.7 Å². The maximum atomic E-state index is 12.5. The molecule has 1 aromatic rings. The lowest BCUT2D eigenvalue weighted by Gasteiger charge is -1.99. The quantitative estimate of drug-likeness (QED) is 0.570. The summed E-state index contributed by atoms with van der Waals surface area (Å²) >= 11 is 7.48. The standard InChI is InChI=1S/C6H4ClFIN/c7-4-1-3(8)2-5(9)6(4)10/h1-2H,10H2. The van der Waals surface area contributed by atoms with E-state index in [0.29, 0.717) is 9.26 Å². The first kappa shape index (κ1) is 8.07. The largest absolute Gasteiger partial charge is 0.397 e. The molecule has 4 heteroatoms. The highest BCUT2D eigenvalue weighted by Crippen LogP contribution is 2.25. The molecule has 0 atom stereocenters. The lowest BCUT2D eigenvalue weighted by Crippen LogP contribution is -1.91. The second-order valence-electron chi connectivity index (χ2n) is 1.78. The first-order valence-corrected chi connectivity index (χ1v) is 3.97. The molecule has 1 rings (SSSR count). The van der Waals surface area contributed by atoms with Crippen LogP contribution in [0.1, 0.15) is 0 Å². The second-order valence-corrected chi connectivity index (χ2v) is 3.35. The van der Waals surface area contributed by atoms with Crippen LogP contribution in [0, 0.1) is 9.39 Å². The van der Waals surface area contributed by atoms with Crippen molar-refractivity contribution < 1.29 is 4.39 Å². The number of nitrogens with two attached hydrogens (primary N) is 1. The summed E-state index contributed by atoms with van der Waals surface area (Å²) in [5.41, 5.74) is 5.88. The Bertz CT molecular complexity index is 241. The van der Waals surface area contributed by atoms with Gasteiger partial charge in [-0.2, -0.15) is 0 Å². The van der Waals surface area contributed by atoms with Crippen LogP contribution in [0.5, 0.6) is 0 Å². The zero-order chi connectivity index (χ0) is 7.72. The molecule has 0 aliphatic heterocycles. The van der Waals surface area contributed by atoms with Crippen LogP contribution in [-0.2, 0) is 0 Å². The van der Waals surface area contributed by atoms with Crippen LogP contribution in [0.15, 0.2) is 12.1 Å². The van der Waals surface area contributed by atoms with Gasteiger partial charge in [0.1, 0.15) is 5.82 Å². The molecule has 0 spiro atoms. The smallest absolute Gasteiger partial charge is 0.125 e. The molecule has 1 nitrogen and oxygen atoms in total. The lowest BCUT2D eigenvalue weighted by atomic mass is 10.3. The fraction of sp³-hybridized carbons (Fsp3) is 0. The Labute approximate surface area is 76.5 Å². The Morgan fingerprint density at radius 3 is 2.60 bits per heavy atom. The van der Waals surface area contributed by atoms with Gasteiger partial charge in [0.05, 0.1) is 10.7 Å². The van der Waals surface area contributed by atoms with Crippen molar-refractivity contribution in [3.63, 3.8) is 0 Å². The van der Waals surface area contributed by atoms with Gasteiger partial charge in [0, 0.05) is 3.57 Å². The van der Waals surface area contributed by atoms with Crippen LogP contribution < -0.4 is 5.73 Å². The molecule has 0 saturated heterocycles. The van der Waals surface area contributed by atoms with E-state index in [1.807, 2.05) is 22.6 Å². The van der Waals surface area contributed by atoms with Crippen molar-refractivity contribution in [1.29, 1.82) is 0 Å². The fourth-order valence-corrected chi connectivity index (χ4v) is 1.51. The Morgan fingerprint density at radius 2 is 2.10 bits per heavy atom. The average molecular weight is 271 g/mol. The maximum absolute atomic E-state index is 12.5. The summed E-state index contributed by atoms with van der Waals surface area (Å²) in [5, 5.41) is 0.268. The monoisotopic (exact) mass is 271 g/mol. The molecule has 0 heterocycles. The molecule has 0 aliphatic carbocycles. The number of anilines is 1. The molecule has 0 aliphatic rings. The minimum absolute atomic E-state index is 0.268. The van der Waals surface area contributed by atoms with Gasteiger partial charge in [0.2, 0.25) is 0 Å². The predicted molar refractivity (Wildman–Crippen MR) is 48.5 cm³/mol. The van der Waals surface area contributed by atoms with Crippen LogP contribution in [0.2, 0.25) is 5.02 Å². The summed E-state index contributed by atoms with van der Waals surface area (Å²) in [5.74, 6) is -0.358. The van der Waals surface area contributed by atoms with Gasteiger partial charge in [-0.3, -0.25) is 0 Å². The maximum Gasteiger partial charge on any atom is 0.125 e. The van der Waals surface area contributed by atoms with Gasteiger partial charge < -0.3 is 5.73 Å². The zero-order valence-electron chi connectivity index (χ0n) is 4.87. The molecule has 1 aromatic carbocycles. The zero-order valence-corrected chi connectivity index (χ0v) is 7.78. The number of benzene rings is 1. The van der Waals surface area contributed by atoms with Gasteiger partial charge in [-0.1, -0.05) is 11.6 Å². The van der Waals surface area contributed by atoms with Gasteiger partial charge in [0.25, 0.3) is 0 Å². The second kappa shape index (κ2) is 2.92. The summed E-state index contributed by atoms with van der Waals surface area (Å²) < 4.78 is 13.1. The van der Waals surface area contributed by atoms with E-state index in [4.69, 9.17) is 17.3 Å². The van der Waals surface area contributed by atoms with Crippen molar-refractivity contribution in [2.24, 2.45) is 0 Å². The van der Waals surface area contributed by atoms with E-state index in [1.54, 1.807) is 0 Å². The SMILES string of the molecule is Nc1c(Cl)cc(F)cc1I. The molecular formula is C6H4ClFIN. The summed E-state index contributed by atoms with van der Waals surface area (Å²) in [6.45, 7) is 0. The van der Waals surface area contributed by atoms with Crippen LogP contribution >= 0.6 is 34.2 Å². The molecule has 0 unspecified atom stereocenters. The Hall–Kier alpha value is -0.0300. The number of hydrogen-bond donors (Lipinski definition) is 1. The number of rotatable bonds is 0. The van der Waals surface area contributed by atoms with Crippen molar-refractivity contribution >= 4 is 39.9 Å². The van der Waals surface area contributed by atoms with Crippen molar-refractivity contribution in [3.05, 3.63) is 26.5 Å². The molecule has 2 N–H and O–H groups in total. The van der Waals surface area contributed by atoms with Gasteiger partial charge in [-0.15, -0.1) is 0 Å². The first-order chi connectivity index (χ1) is 4.61. The van der Waals surface area contributed by atoms with E-state index in [-0.39, 0.29) is 10.8 Å². The van der Waals surface area contributed by atoms with E-state index in [1.165, 1.54) is 12.1 Å². The van der Waals surface area contributed by atoms with E-state index in [0.717, 1.165) is 0 Å². The molecule has 54 valence electrons. The van der Waals surface area contributed by atoms with Gasteiger partial charge in [0.15, 0.2) is 0 Å². The van der Waals surface area contributed by atoms with Crippen LogP contribution in [-0.4, -0.2) is 0 Å². The van der Waals surface area contributed by atoms with Gasteiger partial charge in [-0.25, -0.2) is 4.39 Å². The van der Waals surface area contributed by atoms with Crippen molar-refractivity contribution in [2.45, 2.75) is 0 Å². The highest BCUT2D eigenvalue weighted by atomic mass is 127. The predicted octanol–water partition coefficient (Wildman–Crippen LogP) is 2.67. The Morgan fingerprint density at radius 1 is 1.50 bits per heavy atom. The third-order valence-corrected chi connectivity index (χ3v) is 2.25. The Balaban J connectivity index is 3.31. The van der Waals surface area contributed by atoms with Crippen molar-refractivity contribution in [1.82, 2.24) is 0 Å². The third kappa shape index (κ3) is 1.52. The fourth-order valence-electron chi connectivity index (χ4n) is 0.553. The highest BCUT2D eigenvalue weighted by molar-refractivity contribution is 14.1. The highest BCUT2D eigenvalue weighted by Gasteiger charge is 2.02. The molecule has 0 radical (unpaired) electrons. The molecule has 10 heavy (non-hydrogen) atoms. The molecule has 0 amide bonds. The average Bonchev–Trinajstić information content (AvgIpc) is 1.82. The summed E-state index contributed by atoms with van der Waals surface area (Å²) in [7, 11) is 0. The molecular weight excluding hydrogens is 267 g/mol. The normalized spacial score (nSPS) is 9.90. The first-order valence-electron chi connectivity index (χ1n) is 2.51. The minimum atomic E-state index is -0.358. The molecule has 0 aromatic heterocycles. The van der Waals surface area contributed by atoms with Crippen LogP contribution in [0.25, 0.3) is 0 Å². The summed E-state index contributed by atoms with van der Waals surface area (Å²) in [4.78, 5) is 0. The van der Waals surface area contributed by atoms with Crippen LogP contribution in [0.4, 0.5) is 10.1 Å². The van der Waals surface area contributed by atoms with Crippen LogP contribution in [0.3, 0.4) is 0 Å². The number of nitrogen functional groups attached to an aromatic ring is 1. The summed E-state index contributed by atoms with van der Waals surface area (Å²) in [6, 6.07) is 2.53. The van der Waals surface area contributed by atoms with E-state index in [2.05, 4.69) is 0 Å². The summed E-state index contributed by atoms with van der Waals surface area (Å²) in [6.07, 6.45) is 0. The Kier molecular flexibility index (Phi) is 2.36. The lowest BCUT2D eigenvalue weighted by molar-refractivity contribution is 0.627. The molecule has 0 saturated carbocycles. The molecule has 0 fully saturated rings. The minimum Gasteiger partial charge on any atom is -0.397 e.